The molecule has 55 heavy (non-hydrogen) atoms. The van der Waals surface area contributed by atoms with Crippen LogP contribution in [0.3, 0.4) is 0 Å². The molecular weight excluding hydrogens is 689 g/mol. The summed E-state index contributed by atoms with van der Waals surface area (Å²) in [5.74, 6) is 1.54. The average molecular weight is 719 g/mol. The van der Waals surface area contributed by atoms with Gasteiger partial charge in [-0.3, -0.25) is 4.57 Å². The van der Waals surface area contributed by atoms with E-state index in [2.05, 4.69) is 179 Å². The molecule has 0 amide bonds. The molecule has 0 aliphatic heterocycles. The lowest BCUT2D eigenvalue weighted by Gasteiger charge is -2.14. The molecule has 4 heterocycles. The lowest BCUT2D eigenvalue weighted by atomic mass is 10.0. The van der Waals surface area contributed by atoms with Gasteiger partial charge in [0, 0.05) is 64.3 Å². The third-order valence-corrected chi connectivity index (χ3v) is 12.2. The topological polar surface area (TPSA) is 35.6 Å². The molecule has 0 radical (unpaired) electrons. The number of thiophene rings is 1. The van der Waals surface area contributed by atoms with Crippen molar-refractivity contribution in [3.05, 3.63) is 182 Å². The first kappa shape index (κ1) is 30.4. The van der Waals surface area contributed by atoms with Gasteiger partial charge in [-0.25, -0.2) is 9.97 Å². The molecule has 0 spiro atoms. The molecule has 0 aliphatic rings. The number of aromatic nitrogens is 4. The monoisotopic (exact) mass is 718 g/mol. The fourth-order valence-electron chi connectivity index (χ4n) is 8.76. The molecule has 0 saturated carbocycles. The molecule has 4 aromatic heterocycles. The summed E-state index contributed by atoms with van der Waals surface area (Å²) in [6.45, 7) is 0. The lowest BCUT2D eigenvalue weighted by molar-refractivity contribution is 1.05. The fraction of sp³-hybridized carbons (Fsp3) is 0. The molecule has 8 aromatic carbocycles. The summed E-state index contributed by atoms with van der Waals surface area (Å²) in [6.07, 6.45) is 0. The van der Waals surface area contributed by atoms with Gasteiger partial charge in [-0.2, -0.15) is 0 Å². The number of rotatable bonds is 4. The summed E-state index contributed by atoms with van der Waals surface area (Å²) in [7, 11) is 0. The van der Waals surface area contributed by atoms with E-state index < -0.39 is 0 Å². The summed E-state index contributed by atoms with van der Waals surface area (Å²) in [6, 6.07) is 65.2. The Morgan fingerprint density at radius 3 is 1.64 bits per heavy atom. The van der Waals surface area contributed by atoms with Gasteiger partial charge in [0.25, 0.3) is 0 Å². The van der Waals surface area contributed by atoms with Crippen molar-refractivity contribution < 1.29 is 0 Å². The summed E-state index contributed by atoms with van der Waals surface area (Å²) in [4.78, 5) is 10.5. The van der Waals surface area contributed by atoms with Crippen molar-refractivity contribution in [3.8, 4) is 34.2 Å². The highest BCUT2D eigenvalue weighted by molar-refractivity contribution is 7.26. The predicted molar refractivity (Wildman–Crippen MR) is 232 cm³/mol. The first-order valence-electron chi connectivity index (χ1n) is 18.6. The van der Waals surface area contributed by atoms with Crippen molar-refractivity contribution in [1.29, 1.82) is 0 Å². The molecule has 0 saturated heterocycles. The van der Waals surface area contributed by atoms with E-state index in [4.69, 9.17) is 9.97 Å². The van der Waals surface area contributed by atoms with Crippen LogP contribution in [0.5, 0.6) is 0 Å². The fourth-order valence-corrected chi connectivity index (χ4v) is 9.87. The Hall–Kier alpha value is -7.08. The largest absolute Gasteiger partial charge is 0.308 e. The minimum atomic E-state index is 0.698. The summed E-state index contributed by atoms with van der Waals surface area (Å²) in [5, 5.41) is 9.84. The molecule has 0 aliphatic carbocycles. The number of hydrogen-bond acceptors (Lipinski definition) is 3. The Balaban J connectivity index is 1.28. The van der Waals surface area contributed by atoms with Gasteiger partial charge in [0.2, 0.25) is 0 Å². The Morgan fingerprint density at radius 1 is 0.400 bits per heavy atom. The van der Waals surface area contributed by atoms with E-state index in [0.717, 1.165) is 33.7 Å². The second-order valence-electron chi connectivity index (χ2n) is 14.1. The normalized spacial score (nSPS) is 12.0. The van der Waals surface area contributed by atoms with Crippen LogP contribution in [0.2, 0.25) is 0 Å². The molecule has 256 valence electrons. The third-order valence-electron chi connectivity index (χ3n) is 11.1. The summed E-state index contributed by atoms with van der Waals surface area (Å²) < 4.78 is 7.41. The van der Waals surface area contributed by atoms with E-state index in [1.54, 1.807) is 0 Å². The average Bonchev–Trinajstić information content (AvgIpc) is 3.91. The Labute approximate surface area is 319 Å². The molecule has 12 rings (SSSR count). The van der Waals surface area contributed by atoms with Crippen LogP contribution in [0.25, 0.3) is 109 Å². The molecule has 12 aromatic rings. The smallest absolute Gasteiger partial charge is 0.162 e. The highest BCUT2D eigenvalue weighted by atomic mass is 32.1. The van der Waals surface area contributed by atoms with Gasteiger partial charge >= 0.3 is 0 Å². The maximum atomic E-state index is 5.39. The minimum Gasteiger partial charge on any atom is -0.308 e. The zero-order valence-electron chi connectivity index (χ0n) is 29.5. The first-order valence-corrected chi connectivity index (χ1v) is 19.4. The molecular formula is C50H30N4S. The van der Waals surface area contributed by atoms with Crippen molar-refractivity contribution in [2.75, 3.05) is 0 Å². The summed E-state index contributed by atoms with van der Waals surface area (Å²) >= 11 is 1.86. The van der Waals surface area contributed by atoms with Crippen molar-refractivity contribution in [2.24, 2.45) is 0 Å². The van der Waals surface area contributed by atoms with E-state index in [1.807, 2.05) is 23.5 Å². The third kappa shape index (κ3) is 4.45. The van der Waals surface area contributed by atoms with E-state index >= 15 is 0 Å². The minimum absolute atomic E-state index is 0.698. The van der Waals surface area contributed by atoms with Crippen LogP contribution in [0, 0.1) is 0 Å². The maximum absolute atomic E-state index is 5.39. The standard InChI is InChI=1S/C50H30N4S/c1-3-15-32(16-4-1)39-30-45(52-50(51-39)33-17-5-2-6-18-33)54-42-24-12-10-22-36(42)38-27-29-44-47(49(38)54)46-43(55-44)28-26-37-35-21-9-11-23-41(35)53(48(37)46)40-25-13-19-31-14-7-8-20-34(31)40/h1-30H. The van der Waals surface area contributed by atoms with Crippen LogP contribution < -0.4 is 0 Å². The zero-order chi connectivity index (χ0) is 36.0. The Bertz CT molecular complexity index is 3420. The van der Waals surface area contributed by atoms with Crippen molar-refractivity contribution in [3.63, 3.8) is 0 Å². The molecule has 0 N–H and O–H groups in total. The van der Waals surface area contributed by atoms with Crippen LogP contribution in [0.4, 0.5) is 0 Å². The molecule has 0 atom stereocenters. The quantitative estimate of drug-likeness (QED) is 0.182. The van der Waals surface area contributed by atoms with E-state index in [-0.39, 0.29) is 0 Å². The van der Waals surface area contributed by atoms with Crippen molar-refractivity contribution in [2.45, 2.75) is 0 Å². The highest BCUT2D eigenvalue weighted by Crippen LogP contribution is 2.48. The summed E-state index contributed by atoms with van der Waals surface area (Å²) in [5.41, 5.74) is 8.79. The zero-order valence-corrected chi connectivity index (χ0v) is 30.3. The van der Waals surface area contributed by atoms with Crippen LogP contribution in [-0.4, -0.2) is 19.1 Å². The number of para-hydroxylation sites is 2. The number of benzene rings is 8. The van der Waals surface area contributed by atoms with Crippen LogP contribution in [-0.2, 0) is 0 Å². The van der Waals surface area contributed by atoms with Gasteiger partial charge in [0.05, 0.1) is 33.4 Å². The van der Waals surface area contributed by atoms with E-state index in [0.29, 0.717) is 5.82 Å². The highest BCUT2D eigenvalue weighted by Gasteiger charge is 2.24. The second-order valence-corrected chi connectivity index (χ2v) is 15.2. The molecule has 4 nitrogen and oxygen atoms in total. The first-order chi connectivity index (χ1) is 27.3. The van der Waals surface area contributed by atoms with Gasteiger partial charge in [-0.1, -0.05) is 146 Å². The van der Waals surface area contributed by atoms with E-state index in [1.165, 1.54) is 69.2 Å². The van der Waals surface area contributed by atoms with Gasteiger partial charge in [0.15, 0.2) is 5.82 Å². The van der Waals surface area contributed by atoms with Gasteiger partial charge < -0.3 is 4.57 Å². The Morgan fingerprint density at radius 2 is 0.945 bits per heavy atom. The van der Waals surface area contributed by atoms with Gasteiger partial charge in [-0.05, 0) is 35.7 Å². The maximum Gasteiger partial charge on any atom is 0.162 e. The lowest BCUT2D eigenvalue weighted by Crippen LogP contribution is -2.02. The molecule has 0 fully saturated rings. The molecule has 0 unspecified atom stereocenters. The van der Waals surface area contributed by atoms with Crippen LogP contribution in [0.1, 0.15) is 0 Å². The molecule has 0 bridgehead atoms. The van der Waals surface area contributed by atoms with Gasteiger partial charge in [-0.15, -0.1) is 11.3 Å². The van der Waals surface area contributed by atoms with Crippen molar-refractivity contribution in [1.82, 2.24) is 19.1 Å². The molecule has 5 heteroatoms. The number of nitrogens with zero attached hydrogens (tertiary/aromatic N) is 4. The Kier molecular flexibility index (Phi) is 6.47. The second kappa shape index (κ2) is 11.7. The van der Waals surface area contributed by atoms with Gasteiger partial charge in [0.1, 0.15) is 5.82 Å². The van der Waals surface area contributed by atoms with Crippen LogP contribution in [0.15, 0.2) is 182 Å². The number of hydrogen-bond donors (Lipinski definition) is 0. The predicted octanol–water partition coefficient (Wildman–Crippen LogP) is 13.5. The number of fused-ring (bicyclic) bond motifs is 12. The van der Waals surface area contributed by atoms with E-state index in [9.17, 15) is 0 Å². The SMILES string of the molecule is c1ccc(-c2cc(-n3c4ccccc4c4ccc5sc6ccc7c8ccccc8n(-c8cccc9ccccc89)c7c6c5c43)nc(-c3ccccc3)n2)cc1. The van der Waals surface area contributed by atoms with Crippen molar-refractivity contribution >= 4 is 85.9 Å². The van der Waals surface area contributed by atoms with Crippen LogP contribution >= 0.6 is 11.3 Å².